The zero-order valence-corrected chi connectivity index (χ0v) is 14.5. The molecule has 0 spiro atoms. The lowest BCUT2D eigenvalue weighted by molar-refractivity contribution is 0.0626. The summed E-state index contributed by atoms with van der Waals surface area (Å²) < 4.78 is 0. The van der Waals surface area contributed by atoms with Crippen LogP contribution in [-0.2, 0) is 0 Å². The van der Waals surface area contributed by atoms with Crippen LogP contribution >= 0.6 is 0 Å². The second-order valence-corrected chi connectivity index (χ2v) is 6.26. The molecule has 2 aromatic carbocycles. The predicted molar refractivity (Wildman–Crippen MR) is 101 cm³/mol. The molecule has 0 atom stereocenters. The Morgan fingerprint density at radius 2 is 1.50 bits per heavy atom. The van der Waals surface area contributed by atoms with Gasteiger partial charge in [-0.25, -0.2) is 4.79 Å². The van der Waals surface area contributed by atoms with Crippen molar-refractivity contribution < 1.29 is 14.7 Å². The fourth-order valence-corrected chi connectivity index (χ4v) is 3.06. The van der Waals surface area contributed by atoms with Crippen LogP contribution in [0.1, 0.15) is 26.3 Å². The Labute approximate surface area is 153 Å². The van der Waals surface area contributed by atoms with Crippen LogP contribution < -0.4 is 0 Å². The molecule has 0 aromatic heterocycles. The predicted octanol–water partition coefficient (Wildman–Crippen LogP) is 2.86. The van der Waals surface area contributed by atoms with Crippen molar-refractivity contribution in [2.24, 2.45) is 0 Å². The van der Waals surface area contributed by atoms with Crippen LogP contribution in [0.3, 0.4) is 0 Å². The van der Waals surface area contributed by atoms with E-state index in [9.17, 15) is 14.7 Å². The van der Waals surface area contributed by atoms with E-state index >= 15 is 0 Å². The normalized spacial score (nSPS) is 15.3. The first-order valence-corrected chi connectivity index (χ1v) is 8.70. The van der Waals surface area contributed by atoms with Gasteiger partial charge >= 0.3 is 5.97 Å². The maximum absolute atomic E-state index is 12.7. The highest BCUT2D eigenvalue weighted by Gasteiger charge is 2.24. The summed E-state index contributed by atoms with van der Waals surface area (Å²) in [4.78, 5) is 28.0. The zero-order valence-electron chi connectivity index (χ0n) is 14.5. The monoisotopic (exact) mass is 350 g/mol. The SMILES string of the molecule is O=C(O)c1ccccc1C(=O)N1CCN(C/C=C/c2ccccc2)CC1. The number of rotatable bonds is 5. The number of carboxylic acids is 1. The van der Waals surface area contributed by atoms with Gasteiger partial charge in [-0.2, -0.15) is 0 Å². The molecule has 1 heterocycles. The van der Waals surface area contributed by atoms with E-state index in [1.165, 1.54) is 11.6 Å². The molecule has 1 N–H and O–H groups in total. The molecule has 5 nitrogen and oxygen atoms in total. The number of hydrogen-bond donors (Lipinski definition) is 1. The van der Waals surface area contributed by atoms with E-state index in [2.05, 4.69) is 29.2 Å². The first-order valence-electron chi connectivity index (χ1n) is 8.70. The van der Waals surface area contributed by atoms with Gasteiger partial charge in [-0.1, -0.05) is 54.6 Å². The third-order valence-corrected chi connectivity index (χ3v) is 4.52. The minimum Gasteiger partial charge on any atom is -0.478 e. The zero-order chi connectivity index (χ0) is 18.4. The Morgan fingerprint density at radius 1 is 0.885 bits per heavy atom. The van der Waals surface area contributed by atoms with Crippen LogP contribution in [0.2, 0.25) is 0 Å². The van der Waals surface area contributed by atoms with Gasteiger partial charge in [0, 0.05) is 32.7 Å². The summed E-state index contributed by atoms with van der Waals surface area (Å²) in [6.07, 6.45) is 4.23. The van der Waals surface area contributed by atoms with E-state index in [1.54, 1.807) is 23.1 Å². The van der Waals surface area contributed by atoms with Gasteiger partial charge in [-0.05, 0) is 17.7 Å². The topological polar surface area (TPSA) is 60.9 Å². The van der Waals surface area contributed by atoms with Crippen LogP contribution in [0.4, 0.5) is 0 Å². The van der Waals surface area contributed by atoms with Gasteiger partial charge in [0.2, 0.25) is 0 Å². The van der Waals surface area contributed by atoms with E-state index in [0.717, 1.165) is 19.6 Å². The highest BCUT2D eigenvalue weighted by atomic mass is 16.4. The third kappa shape index (κ3) is 4.37. The molecule has 1 aliphatic heterocycles. The van der Waals surface area contributed by atoms with Crippen molar-refractivity contribution in [1.82, 2.24) is 9.80 Å². The van der Waals surface area contributed by atoms with Crippen LogP contribution in [0, 0.1) is 0 Å². The first-order chi connectivity index (χ1) is 12.6. The van der Waals surface area contributed by atoms with Crippen molar-refractivity contribution in [2.45, 2.75) is 0 Å². The van der Waals surface area contributed by atoms with Crippen LogP contribution in [0.25, 0.3) is 6.08 Å². The third-order valence-electron chi connectivity index (χ3n) is 4.52. The molecule has 26 heavy (non-hydrogen) atoms. The fraction of sp³-hybridized carbons (Fsp3) is 0.238. The smallest absolute Gasteiger partial charge is 0.336 e. The number of benzene rings is 2. The van der Waals surface area contributed by atoms with Crippen LogP contribution in [0.15, 0.2) is 60.7 Å². The van der Waals surface area contributed by atoms with Gasteiger partial charge in [0.25, 0.3) is 5.91 Å². The first kappa shape index (κ1) is 17.9. The highest BCUT2D eigenvalue weighted by molar-refractivity contribution is 6.04. The number of carbonyl (C=O) groups is 2. The second kappa shape index (κ2) is 8.45. The highest BCUT2D eigenvalue weighted by Crippen LogP contribution is 2.14. The largest absolute Gasteiger partial charge is 0.478 e. The van der Waals surface area contributed by atoms with E-state index in [4.69, 9.17) is 0 Å². The molecule has 1 amide bonds. The number of aromatic carboxylic acids is 1. The quantitative estimate of drug-likeness (QED) is 0.901. The molecule has 2 aromatic rings. The summed E-state index contributed by atoms with van der Waals surface area (Å²) in [5.74, 6) is -1.28. The standard InChI is InChI=1S/C21H22N2O3/c24-20(18-10-4-5-11-19(18)21(25)26)23-15-13-22(14-16-23)12-6-9-17-7-2-1-3-8-17/h1-11H,12-16H2,(H,25,26)/b9-6+. The average Bonchev–Trinajstić information content (AvgIpc) is 2.69. The maximum atomic E-state index is 12.7. The van der Waals surface area contributed by atoms with Crippen molar-refractivity contribution in [3.8, 4) is 0 Å². The number of nitrogens with zero attached hydrogens (tertiary/aromatic N) is 2. The summed E-state index contributed by atoms with van der Waals surface area (Å²) >= 11 is 0. The van der Waals surface area contributed by atoms with E-state index in [-0.39, 0.29) is 17.0 Å². The summed E-state index contributed by atoms with van der Waals surface area (Å²) in [5.41, 5.74) is 1.50. The average molecular weight is 350 g/mol. The molecule has 0 saturated carbocycles. The number of hydrogen-bond acceptors (Lipinski definition) is 3. The molecular weight excluding hydrogens is 328 g/mol. The molecule has 1 saturated heterocycles. The lowest BCUT2D eigenvalue weighted by Gasteiger charge is -2.34. The lowest BCUT2D eigenvalue weighted by atomic mass is 10.1. The number of carboxylic acid groups (broad SMARTS) is 1. The van der Waals surface area contributed by atoms with Gasteiger partial charge in [0.15, 0.2) is 0 Å². The number of piperazine rings is 1. The molecule has 0 radical (unpaired) electrons. The van der Waals surface area contributed by atoms with Crippen LogP contribution in [0.5, 0.6) is 0 Å². The molecule has 3 rings (SSSR count). The summed E-state index contributed by atoms with van der Waals surface area (Å²) in [6.45, 7) is 3.60. The molecular formula is C21H22N2O3. The number of carbonyl (C=O) groups excluding carboxylic acids is 1. The Hall–Kier alpha value is -2.92. The minimum atomic E-state index is -1.07. The van der Waals surface area contributed by atoms with Crippen molar-refractivity contribution in [1.29, 1.82) is 0 Å². The summed E-state index contributed by atoms with van der Waals surface area (Å²) in [6, 6.07) is 16.5. The van der Waals surface area contributed by atoms with Gasteiger partial charge in [0.1, 0.15) is 0 Å². The Kier molecular flexibility index (Phi) is 5.81. The summed E-state index contributed by atoms with van der Waals surface area (Å²) in [7, 11) is 0. The summed E-state index contributed by atoms with van der Waals surface area (Å²) in [5, 5.41) is 9.26. The van der Waals surface area contributed by atoms with Crippen molar-refractivity contribution in [2.75, 3.05) is 32.7 Å². The number of amides is 1. The van der Waals surface area contributed by atoms with Crippen molar-refractivity contribution >= 4 is 18.0 Å². The Morgan fingerprint density at radius 3 is 2.15 bits per heavy atom. The van der Waals surface area contributed by atoms with Gasteiger partial charge in [-0.15, -0.1) is 0 Å². The molecule has 0 bridgehead atoms. The molecule has 1 aliphatic rings. The minimum absolute atomic E-state index is 0.0609. The molecule has 0 aliphatic carbocycles. The maximum Gasteiger partial charge on any atom is 0.336 e. The Balaban J connectivity index is 1.54. The van der Waals surface area contributed by atoms with Gasteiger partial charge < -0.3 is 10.0 Å². The molecule has 5 heteroatoms. The molecule has 134 valence electrons. The molecule has 1 fully saturated rings. The van der Waals surface area contributed by atoms with E-state index in [1.807, 2.05) is 18.2 Å². The fourth-order valence-electron chi connectivity index (χ4n) is 3.06. The van der Waals surface area contributed by atoms with Crippen LogP contribution in [-0.4, -0.2) is 59.5 Å². The van der Waals surface area contributed by atoms with Gasteiger partial charge in [0.05, 0.1) is 11.1 Å². The molecule has 0 unspecified atom stereocenters. The van der Waals surface area contributed by atoms with Gasteiger partial charge in [-0.3, -0.25) is 9.69 Å². The van der Waals surface area contributed by atoms with Crippen molar-refractivity contribution in [3.05, 3.63) is 77.4 Å². The van der Waals surface area contributed by atoms with E-state index in [0.29, 0.717) is 13.1 Å². The lowest BCUT2D eigenvalue weighted by Crippen LogP contribution is -2.48. The van der Waals surface area contributed by atoms with E-state index < -0.39 is 5.97 Å². The second-order valence-electron chi connectivity index (χ2n) is 6.26. The Bertz CT molecular complexity index is 794. The van der Waals surface area contributed by atoms with Crippen molar-refractivity contribution in [3.63, 3.8) is 0 Å².